The summed E-state index contributed by atoms with van der Waals surface area (Å²) in [5.41, 5.74) is 1.67. The van der Waals surface area contributed by atoms with Crippen LogP contribution in [0.15, 0.2) is 42.7 Å². The summed E-state index contributed by atoms with van der Waals surface area (Å²) in [6, 6.07) is 8.56. The highest BCUT2D eigenvalue weighted by Gasteiger charge is 2.15. The van der Waals surface area contributed by atoms with Gasteiger partial charge in [0, 0.05) is 41.6 Å². The molecule has 5 nitrogen and oxygen atoms in total. The Bertz CT molecular complexity index is 605. The van der Waals surface area contributed by atoms with Gasteiger partial charge in [-0.15, -0.1) is 0 Å². The molecule has 0 fully saturated rings. The second-order valence-corrected chi connectivity index (χ2v) is 4.86. The molecule has 104 valence electrons. The third-order valence-corrected chi connectivity index (χ3v) is 3.26. The monoisotopic (exact) mass is 291 g/mol. The summed E-state index contributed by atoms with van der Waals surface area (Å²) in [6.45, 7) is 2.38. The van der Waals surface area contributed by atoms with Crippen LogP contribution >= 0.6 is 11.6 Å². The van der Waals surface area contributed by atoms with E-state index in [-0.39, 0.29) is 11.7 Å². The zero-order chi connectivity index (χ0) is 14.5. The van der Waals surface area contributed by atoms with Gasteiger partial charge in [0.2, 0.25) is 0 Å². The molecule has 0 aliphatic heterocycles. The summed E-state index contributed by atoms with van der Waals surface area (Å²) >= 11 is 5.79. The number of halogens is 1. The Morgan fingerprint density at radius 1 is 1.45 bits per heavy atom. The molecular formula is C14H14ClN3O2. The van der Waals surface area contributed by atoms with Gasteiger partial charge in [0.05, 0.1) is 4.92 Å². The molecule has 2 aromatic rings. The predicted molar refractivity (Wildman–Crippen MR) is 77.6 cm³/mol. The molecule has 1 heterocycles. The average Bonchev–Trinajstić information content (AvgIpc) is 2.46. The molecule has 0 saturated carbocycles. The zero-order valence-electron chi connectivity index (χ0n) is 10.9. The number of nitrogens with one attached hydrogen (secondary N) is 1. The number of aromatic nitrogens is 1. The van der Waals surface area contributed by atoms with Crippen LogP contribution in [0.5, 0.6) is 0 Å². The molecule has 1 aromatic heterocycles. The molecule has 1 unspecified atom stereocenters. The van der Waals surface area contributed by atoms with Crippen molar-refractivity contribution in [1.29, 1.82) is 0 Å². The van der Waals surface area contributed by atoms with Gasteiger partial charge in [0.1, 0.15) is 0 Å². The summed E-state index contributed by atoms with van der Waals surface area (Å²) < 4.78 is 0. The van der Waals surface area contributed by atoms with Crippen LogP contribution in [0.2, 0.25) is 5.02 Å². The van der Waals surface area contributed by atoms with Crippen LogP contribution in [0.4, 0.5) is 5.69 Å². The van der Waals surface area contributed by atoms with E-state index >= 15 is 0 Å². The van der Waals surface area contributed by atoms with Gasteiger partial charge in [0.25, 0.3) is 5.69 Å². The van der Waals surface area contributed by atoms with Crippen molar-refractivity contribution in [2.75, 3.05) is 0 Å². The van der Waals surface area contributed by atoms with Gasteiger partial charge in [-0.05, 0) is 30.7 Å². The fourth-order valence-corrected chi connectivity index (χ4v) is 2.04. The van der Waals surface area contributed by atoms with Gasteiger partial charge in [-0.2, -0.15) is 0 Å². The van der Waals surface area contributed by atoms with Gasteiger partial charge in [-0.3, -0.25) is 15.1 Å². The highest BCUT2D eigenvalue weighted by molar-refractivity contribution is 6.30. The summed E-state index contributed by atoms with van der Waals surface area (Å²) in [5.74, 6) is 0. The maximum Gasteiger partial charge on any atom is 0.275 e. The van der Waals surface area contributed by atoms with Crippen LogP contribution in [-0.2, 0) is 6.54 Å². The molecule has 1 aromatic carbocycles. The van der Waals surface area contributed by atoms with Crippen LogP contribution in [0.25, 0.3) is 0 Å². The number of nitro groups is 1. The summed E-state index contributed by atoms with van der Waals surface area (Å²) in [5, 5.41) is 14.6. The Labute approximate surface area is 121 Å². The topological polar surface area (TPSA) is 68.1 Å². The van der Waals surface area contributed by atoms with E-state index in [1.165, 1.54) is 6.07 Å². The minimum absolute atomic E-state index is 0.0309. The molecule has 1 N–H and O–H groups in total. The van der Waals surface area contributed by atoms with E-state index in [1.54, 1.807) is 24.5 Å². The Hall–Kier alpha value is -1.98. The van der Waals surface area contributed by atoms with E-state index in [4.69, 9.17) is 11.6 Å². The van der Waals surface area contributed by atoms with Gasteiger partial charge in [-0.25, -0.2) is 0 Å². The number of nitrogens with zero attached hydrogens (tertiary/aromatic N) is 2. The lowest BCUT2D eigenvalue weighted by Gasteiger charge is -2.13. The smallest absolute Gasteiger partial charge is 0.275 e. The lowest BCUT2D eigenvalue weighted by Crippen LogP contribution is -2.18. The van der Waals surface area contributed by atoms with Gasteiger partial charge in [-0.1, -0.05) is 17.7 Å². The summed E-state index contributed by atoms with van der Waals surface area (Å²) in [6.07, 6.45) is 3.48. The Morgan fingerprint density at radius 2 is 2.25 bits per heavy atom. The average molecular weight is 292 g/mol. The highest BCUT2D eigenvalue weighted by Crippen LogP contribution is 2.23. The number of nitro benzene ring substituents is 1. The van der Waals surface area contributed by atoms with Crippen molar-refractivity contribution in [2.45, 2.75) is 19.5 Å². The molecule has 0 aliphatic rings. The third kappa shape index (κ3) is 3.53. The number of benzene rings is 1. The first-order valence-electron chi connectivity index (χ1n) is 6.14. The van der Waals surface area contributed by atoms with Crippen molar-refractivity contribution in [1.82, 2.24) is 10.3 Å². The molecule has 0 radical (unpaired) electrons. The number of rotatable bonds is 5. The third-order valence-electron chi connectivity index (χ3n) is 3.03. The van der Waals surface area contributed by atoms with E-state index < -0.39 is 4.92 Å². The van der Waals surface area contributed by atoms with Crippen molar-refractivity contribution < 1.29 is 4.92 Å². The molecule has 1 atom stereocenters. The number of hydrogen-bond acceptors (Lipinski definition) is 4. The van der Waals surface area contributed by atoms with E-state index in [0.29, 0.717) is 17.1 Å². The van der Waals surface area contributed by atoms with Gasteiger partial charge >= 0.3 is 0 Å². The first-order valence-corrected chi connectivity index (χ1v) is 6.52. The normalized spacial score (nSPS) is 12.1. The standard InChI is InChI=1S/C14H14ClN3O2/c1-10(11-3-2-6-16-8-11)17-9-12-4-5-13(15)7-14(12)18(19)20/h2-8,10,17H,9H2,1H3. The van der Waals surface area contributed by atoms with Crippen molar-refractivity contribution in [3.05, 3.63) is 69.0 Å². The van der Waals surface area contributed by atoms with Crippen LogP contribution in [0, 0.1) is 10.1 Å². The highest BCUT2D eigenvalue weighted by atomic mass is 35.5. The lowest BCUT2D eigenvalue weighted by atomic mass is 10.1. The number of hydrogen-bond donors (Lipinski definition) is 1. The minimum Gasteiger partial charge on any atom is -0.306 e. The molecule has 0 bridgehead atoms. The first kappa shape index (κ1) is 14.4. The molecule has 0 saturated heterocycles. The van der Waals surface area contributed by atoms with Crippen molar-refractivity contribution >= 4 is 17.3 Å². The van der Waals surface area contributed by atoms with E-state index in [0.717, 1.165) is 5.56 Å². The molecule has 2 rings (SSSR count). The Morgan fingerprint density at radius 3 is 2.90 bits per heavy atom. The van der Waals surface area contributed by atoms with Crippen LogP contribution < -0.4 is 5.32 Å². The molecular weight excluding hydrogens is 278 g/mol. The molecule has 20 heavy (non-hydrogen) atoms. The summed E-state index contributed by atoms with van der Waals surface area (Å²) in [7, 11) is 0. The van der Waals surface area contributed by atoms with Crippen LogP contribution in [-0.4, -0.2) is 9.91 Å². The second-order valence-electron chi connectivity index (χ2n) is 4.42. The van der Waals surface area contributed by atoms with Gasteiger partial charge in [0.15, 0.2) is 0 Å². The predicted octanol–water partition coefficient (Wildman–Crippen LogP) is 3.49. The lowest BCUT2D eigenvalue weighted by molar-refractivity contribution is -0.385. The molecule has 0 amide bonds. The minimum atomic E-state index is -0.419. The second kappa shape index (κ2) is 6.45. The Kier molecular flexibility index (Phi) is 4.65. The Balaban J connectivity index is 2.09. The SMILES string of the molecule is CC(NCc1ccc(Cl)cc1[N+](=O)[O-])c1cccnc1. The van der Waals surface area contributed by atoms with E-state index in [9.17, 15) is 10.1 Å². The van der Waals surface area contributed by atoms with Crippen molar-refractivity contribution in [3.8, 4) is 0 Å². The first-order chi connectivity index (χ1) is 9.58. The maximum absolute atomic E-state index is 11.0. The fraction of sp³-hybridized carbons (Fsp3) is 0.214. The maximum atomic E-state index is 11.0. The van der Waals surface area contributed by atoms with E-state index in [2.05, 4.69) is 10.3 Å². The zero-order valence-corrected chi connectivity index (χ0v) is 11.7. The number of pyridine rings is 1. The quantitative estimate of drug-likeness (QED) is 0.676. The fourth-order valence-electron chi connectivity index (χ4n) is 1.87. The van der Waals surface area contributed by atoms with Crippen molar-refractivity contribution in [3.63, 3.8) is 0 Å². The molecule has 0 aliphatic carbocycles. The molecule has 0 spiro atoms. The van der Waals surface area contributed by atoms with E-state index in [1.807, 2.05) is 19.1 Å². The largest absolute Gasteiger partial charge is 0.306 e. The van der Waals surface area contributed by atoms with Gasteiger partial charge < -0.3 is 5.32 Å². The van der Waals surface area contributed by atoms with Crippen LogP contribution in [0.1, 0.15) is 24.1 Å². The van der Waals surface area contributed by atoms with Crippen molar-refractivity contribution in [2.24, 2.45) is 0 Å². The summed E-state index contributed by atoms with van der Waals surface area (Å²) in [4.78, 5) is 14.6. The van der Waals surface area contributed by atoms with Crippen LogP contribution in [0.3, 0.4) is 0 Å². The molecule has 6 heteroatoms.